The van der Waals surface area contributed by atoms with E-state index in [0.717, 1.165) is 18.4 Å². The molecule has 0 bridgehead atoms. The molecule has 0 radical (unpaired) electrons. The fraction of sp³-hybridized carbons (Fsp3) is 0.586. The minimum atomic E-state index is -1.20. The van der Waals surface area contributed by atoms with Crippen molar-refractivity contribution in [1.82, 2.24) is 26.2 Å². The largest absolute Gasteiger partial charge is 0.356 e. The van der Waals surface area contributed by atoms with Gasteiger partial charge in [0.05, 0.1) is 6.04 Å². The molecule has 1 aliphatic carbocycles. The normalized spacial score (nSPS) is 18.6. The van der Waals surface area contributed by atoms with E-state index in [1.165, 1.54) is 11.9 Å². The number of hydrogen-bond donors (Lipinski definition) is 4. The van der Waals surface area contributed by atoms with Gasteiger partial charge >= 0.3 is 0 Å². The number of hydrogen-bond acceptors (Lipinski definition) is 6. The van der Waals surface area contributed by atoms with E-state index in [4.69, 9.17) is 0 Å². The van der Waals surface area contributed by atoms with Crippen molar-refractivity contribution in [2.45, 2.75) is 89.4 Å². The summed E-state index contributed by atoms with van der Waals surface area (Å²) >= 11 is 0. The highest BCUT2D eigenvalue weighted by Gasteiger charge is 2.38. The van der Waals surface area contributed by atoms with E-state index in [2.05, 4.69) is 21.3 Å². The van der Waals surface area contributed by atoms with Crippen molar-refractivity contribution in [2.24, 2.45) is 5.92 Å². The molecule has 1 saturated carbocycles. The van der Waals surface area contributed by atoms with Crippen molar-refractivity contribution in [3.8, 4) is 0 Å². The van der Waals surface area contributed by atoms with Crippen LogP contribution in [0.15, 0.2) is 30.3 Å². The van der Waals surface area contributed by atoms with Gasteiger partial charge in [0.25, 0.3) is 5.91 Å². The van der Waals surface area contributed by atoms with Crippen molar-refractivity contribution in [3.05, 3.63) is 35.9 Å². The van der Waals surface area contributed by atoms with Gasteiger partial charge in [-0.15, -0.1) is 0 Å². The summed E-state index contributed by atoms with van der Waals surface area (Å²) in [5.41, 5.74) is 1.01. The first-order valence-electron chi connectivity index (χ1n) is 14.1. The van der Waals surface area contributed by atoms with Gasteiger partial charge < -0.3 is 26.2 Å². The maximum Gasteiger partial charge on any atom is 0.289 e. The Morgan fingerprint density at radius 3 is 2.35 bits per heavy atom. The smallest absolute Gasteiger partial charge is 0.289 e. The molecule has 40 heavy (non-hydrogen) atoms. The molecule has 1 aromatic rings. The van der Waals surface area contributed by atoms with Gasteiger partial charge in [-0.2, -0.15) is 0 Å². The fourth-order valence-electron chi connectivity index (χ4n) is 4.81. The van der Waals surface area contributed by atoms with Crippen LogP contribution in [0.1, 0.15) is 64.4 Å². The van der Waals surface area contributed by atoms with Gasteiger partial charge in [0.15, 0.2) is 0 Å². The highest BCUT2D eigenvalue weighted by atomic mass is 16.2. The second-order valence-electron chi connectivity index (χ2n) is 10.7. The number of ketones is 1. The molecule has 11 nitrogen and oxygen atoms in total. The van der Waals surface area contributed by atoms with Crippen LogP contribution in [0.3, 0.4) is 0 Å². The van der Waals surface area contributed by atoms with Crippen LogP contribution in [0, 0.1) is 5.92 Å². The number of amides is 5. The predicted octanol–water partition coefficient (Wildman–Crippen LogP) is 0.610. The van der Waals surface area contributed by atoms with Gasteiger partial charge in [0.2, 0.25) is 29.4 Å². The van der Waals surface area contributed by atoms with Crippen molar-refractivity contribution >= 4 is 35.3 Å². The summed E-state index contributed by atoms with van der Waals surface area (Å²) in [5, 5.41) is 10.7. The lowest BCUT2D eigenvalue weighted by atomic mass is 9.94. The van der Waals surface area contributed by atoms with Gasteiger partial charge in [-0.1, -0.05) is 43.7 Å². The lowest BCUT2D eigenvalue weighted by Gasteiger charge is -2.31. The summed E-state index contributed by atoms with van der Waals surface area (Å²) in [6.45, 7) is 3.90. The van der Waals surface area contributed by atoms with E-state index in [1.807, 2.05) is 37.3 Å². The molecule has 1 heterocycles. The number of Topliss-reactive ketones (excluding diaryl/α,β-unsaturated/α-hetero) is 1. The first-order valence-corrected chi connectivity index (χ1v) is 14.1. The third kappa shape index (κ3) is 8.89. The highest BCUT2D eigenvalue weighted by molar-refractivity contribution is 6.38. The zero-order chi connectivity index (χ0) is 29.2. The van der Waals surface area contributed by atoms with E-state index < -0.39 is 47.5 Å². The highest BCUT2D eigenvalue weighted by Crippen LogP contribution is 2.20. The van der Waals surface area contributed by atoms with Crippen molar-refractivity contribution in [2.75, 3.05) is 13.6 Å². The first kappa shape index (κ1) is 30.8. The first-order chi connectivity index (χ1) is 19.1. The molecule has 1 aromatic carbocycles. The second-order valence-corrected chi connectivity index (χ2v) is 10.7. The molecular formula is C29H41N5O6. The minimum absolute atomic E-state index is 0.00112. The topological polar surface area (TPSA) is 154 Å². The molecule has 2 aliphatic rings. The third-order valence-electron chi connectivity index (χ3n) is 7.36. The maximum absolute atomic E-state index is 13.4. The Morgan fingerprint density at radius 2 is 1.75 bits per heavy atom. The van der Waals surface area contributed by atoms with E-state index in [9.17, 15) is 28.8 Å². The van der Waals surface area contributed by atoms with Crippen LogP contribution in [-0.4, -0.2) is 78.0 Å². The fourth-order valence-corrected chi connectivity index (χ4v) is 4.81. The average molecular weight is 556 g/mol. The predicted molar refractivity (Wildman–Crippen MR) is 148 cm³/mol. The molecule has 5 amide bonds. The van der Waals surface area contributed by atoms with Gasteiger partial charge in [0, 0.05) is 32.0 Å². The quantitative estimate of drug-likeness (QED) is 0.233. The number of carbonyl (C=O) groups is 6. The zero-order valence-electron chi connectivity index (χ0n) is 23.5. The summed E-state index contributed by atoms with van der Waals surface area (Å²) in [6.07, 6.45) is 3.72. The minimum Gasteiger partial charge on any atom is -0.356 e. The molecule has 218 valence electrons. The van der Waals surface area contributed by atoms with E-state index >= 15 is 0 Å². The van der Waals surface area contributed by atoms with E-state index in [-0.39, 0.29) is 30.7 Å². The lowest BCUT2D eigenvalue weighted by Crippen LogP contribution is -2.57. The Bertz CT molecular complexity index is 1090. The van der Waals surface area contributed by atoms with Crippen LogP contribution < -0.4 is 21.3 Å². The number of benzene rings is 1. The molecule has 1 aliphatic heterocycles. The summed E-state index contributed by atoms with van der Waals surface area (Å²) in [5.74, 6) is -3.63. The van der Waals surface area contributed by atoms with Gasteiger partial charge in [-0.05, 0) is 51.0 Å². The Labute approximate surface area is 235 Å². The monoisotopic (exact) mass is 555 g/mol. The van der Waals surface area contributed by atoms with Crippen LogP contribution in [0.5, 0.6) is 0 Å². The van der Waals surface area contributed by atoms with Crippen LogP contribution in [0.4, 0.5) is 0 Å². The van der Waals surface area contributed by atoms with Crippen molar-refractivity contribution in [3.63, 3.8) is 0 Å². The molecule has 1 saturated heterocycles. The Morgan fingerprint density at radius 1 is 1.05 bits per heavy atom. The summed E-state index contributed by atoms with van der Waals surface area (Å²) in [6, 6.07) is 6.51. The second kappa shape index (κ2) is 14.6. The van der Waals surface area contributed by atoms with Crippen LogP contribution in [0.25, 0.3) is 0 Å². The number of rotatable bonds is 15. The molecule has 3 rings (SSSR count). The zero-order valence-corrected chi connectivity index (χ0v) is 23.5. The summed E-state index contributed by atoms with van der Waals surface area (Å²) in [4.78, 5) is 78.1. The van der Waals surface area contributed by atoms with Gasteiger partial charge in [-0.25, -0.2) is 0 Å². The van der Waals surface area contributed by atoms with Gasteiger partial charge in [-0.3, -0.25) is 28.8 Å². The summed E-state index contributed by atoms with van der Waals surface area (Å²) in [7, 11) is 1.48. The lowest BCUT2D eigenvalue weighted by molar-refractivity contribution is -0.144. The summed E-state index contributed by atoms with van der Waals surface area (Å²) < 4.78 is 0. The molecule has 0 unspecified atom stereocenters. The Balaban J connectivity index is 1.63. The molecule has 4 N–H and O–H groups in total. The van der Waals surface area contributed by atoms with E-state index in [0.29, 0.717) is 32.2 Å². The van der Waals surface area contributed by atoms with Crippen LogP contribution >= 0.6 is 0 Å². The number of carbonyl (C=O) groups excluding carboxylic acids is 6. The Kier molecular flexibility index (Phi) is 11.2. The SMILES string of the molecule is CCC[C@@H](C(=O)N[C@@H](C[C@@H]1CCNC1=O)C(=O)C(=O)NC1CC1)N(C)C(=O)[C@@H](C)NC(=O)CCc1ccccc1. The average Bonchev–Trinajstić information content (AvgIpc) is 3.67. The van der Waals surface area contributed by atoms with Crippen molar-refractivity contribution < 1.29 is 28.8 Å². The van der Waals surface area contributed by atoms with Crippen molar-refractivity contribution in [1.29, 1.82) is 0 Å². The van der Waals surface area contributed by atoms with Crippen LogP contribution in [0.2, 0.25) is 0 Å². The number of nitrogens with one attached hydrogen (secondary N) is 4. The molecule has 11 heteroatoms. The Hall–Kier alpha value is -3.76. The standard InChI is InChI=1S/C29H41N5O6/c1-4-8-23(34(3)29(40)18(2)31-24(35)14-11-19-9-6-5-7-10-19)27(38)33-22(17-20-15-16-30-26(20)37)25(36)28(39)32-21-12-13-21/h5-7,9-10,18,20-23H,4,8,11-17H2,1-3H3,(H,30,37)(H,31,35)(H,32,39)(H,33,38)/t18-,20+,22+,23+/m1/s1. The number of likely N-dealkylation sites (N-methyl/N-ethyl adjacent to an activating group) is 1. The number of aryl methyl sites for hydroxylation is 1. The molecule has 0 spiro atoms. The molecular weight excluding hydrogens is 514 g/mol. The third-order valence-corrected chi connectivity index (χ3v) is 7.36. The van der Waals surface area contributed by atoms with Gasteiger partial charge in [0.1, 0.15) is 12.1 Å². The van der Waals surface area contributed by atoms with E-state index in [1.54, 1.807) is 6.92 Å². The molecule has 2 fully saturated rings. The molecule has 0 aromatic heterocycles. The maximum atomic E-state index is 13.4. The van der Waals surface area contributed by atoms with Crippen LogP contribution in [-0.2, 0) is 35.2 Å². The molecule has 4 atom stereocenters. The number of nitrogens with zero attached hydrogens (tertiary/aromatic N) is 1.